The molecular weight excluding hydrogens is 247 g/mol. The SMILES string of the molecule is C.C.C.C.CCC(C)(CC(C)(C)C(=O)OC)C(=O)F. The third-order valence-corrected chi connectivity index (χ3v) is 2.82. The quantitative estimate of drug-likeness (QED) is 0.524. The van der Waals surface area contributed by atoms with Crippen molar-refractivity contribution in [2.75, 3.05) is 7.11 Å². The molecule has 19 heavy (non-hydrogen) atoms. The number of hydrogen-bond acceptors (Lipinski definition) is 3. The van der Waals surface area contributed by atoms with E-state index in [2.05, 4.69) is 4.74 Å². The zero-order chi connectivity index (χ0) is 12.3. The Balaban J connectivity index is -0.000000163. The summed E-state index contributed by atoms with van der Waals surface area (Å²) in [6.07, 6.45) is 0.515. The van der Waals surface area contributed by atoms with Gasteiger partial charge in [-0.05, 0) is 33.6 Å². The zero-order valence-electron chi connectivity index (χ0n) is 10.0. The summed E-state index contributed by atoms with van der Waals surface area (Å²) >= 11 is 0. The Morgan fingerprint density at radius 2 is 1.42 bits per heavy atom. The Kier molecular flexibility index (Phi) is 17.8. The van der Waals surface area contributed by atoms with Crippen molar-refractivity contribution in [1.29, 1.82) is 0 Å². The van der Waals surface area contributed by atoms with Gasteiger partial charge in [-0.1, -0.05) is 36.6 Å². The second kappa shape index (κ2) is 10.9. The van der Waals surface area contributed by atoms with E-state index in [0.29, 0.717) is 6.42 Å². The molecule has 0 aliphatic carbocycles. The lowest BCUT2D eigenvalue weighted by Gasteiger charge is -2.31. The van der Waals surface area contributed by atoms with Gasteiger partial charge in [-0.15, -0.1) is 0 Å². The van der Waals surface area contributed by atoms with Crippen LogP contribution < -0.4 is 0 Å². The zero-order valence-corrected chi connectivity index (χ0v) is 10.0. The van der Waals surface area contributed by atoms with Crippen LogP contribution in [0.25, 0.3) is 0 Å². The van der Waals surface area contributed by atoms with Crippen molar-refractivity contribution in [2.24, 2.45) is 10.8 Å². The highest BCUT2D eigenvalue weighted by molar-refractivity contribution is 5.79. The van der Waals surface area contributed by atoms with Crippen LogP contribution in [0.15, 0.2) is 0 Å². The third-order valence-electron chi connectivity index (χ3n) is 2.82. The first-order valence-corrected chi connectivity index (χ1v) is 4.98. The van der Waals surface area contributed by atoms with Gasteiger partial charge in [0.15, 0.2) is 0 Å². The van der Waals surface area contributed by atoms with Gasteiger partial charge in [0.05, 0.1) is 17.9 Å². The molecule has 0 aromatic carbocycles. The van der Waals surface area contributed by atoms with Gasteiger partial charge in [0.25, 0.3) is 0 Å². The molecule has 0 aliphatic rings. The summed E-state index contributed by atoms with van der Waals surface area (Å²) in [5.41, 5.74) is -1.95. The molecule has 0 bridgehead atoms. The van der Waals surface area contributed by atoms with Gasteiger partial charge in [-0.25, -0.2) is 0 Å². The van der Waals surface area contributed by atoms with E-state index in [0.717, 1.165) is 0 Å². The molecule has 0 radical (unpaired) electrons. The molecular formula is C15H35FO3. The van der Waals surface area contributed by atoms with Crippen LogP contribution in [0.2, 0.25) is 0 Å². The van der Waals surface area contributed by atoms with Crippen molar-refractivity contribution in [3.8, 4) is 0 Å². The van der Waals surface area contributed by atoms with Crippen molar-refractivity contribution in [2.45, 2.75) is 70.2 Å². The standard InChI is InChI=1S/C11H19FO3.4CH4/c1-6-11(4,8(12)13)7-10(2,3)9(14)15-5;;;;/h6-7H2,1-5H3;4*1H4. The molecule has 0 aliphatic heterocycles. The molecule has 0 spiro atoms. The fraction of sp³-hybridized carbons (Fsp3) is 0.867. The summed E-state index contributed by atoms with van der Waals surface area (Å²) in [7, 11) is 1.28. The van der Waals surface area contributed by atoms with Crippen LogP contribution in [-0.2, 0) is 14.3 Å². The van der Waals surface area contributed by atoms with E-state index in [9.17, 15) is 14.0 Å². The highest BCUT2D eigenvalue weighted by Crippen LogP contribution is 2.38. The average molecular weight is 282 g/mol. The molecule has 0 aromatic rings. The predicted octanol–water partition coefficient (Wildman–Crippen LogP) is 5.03. The number of carbonyl (C=O) groups excluding carboxylic acids is 2. The molecule has 0 saturated carbocycles. The maximum absolute atomic E-state index is 12.9. The summed E-state index contributed by atoms with van der Waals surface area (Å²) < 4.78 is 17.5. The van der Waals surface area contributed by atoms with Gasteiger partial charge >= 0.3 is 12.0 Å². The van der Waals surface area contributed by atoms with E-state index < -0.39 is 22.8 Å². The Bertz CT molecular complexity index is 262. The Morgan fingerprint density at radius 3 is 1.63 bits per heavy atom. The number of esters is 1. The highest BCUT2D eigenvalue weighted by atomic mass is 19.1. The monoisotopic (exact) mass is 282 g/mol. The Labute approximate surface area is 119 Å². The first kappa shape index (κ1) is 30.8. The topological polar surface area (TPSA) is 43.4 Å². The van der Waals surface area contributed by atoms with Gasteiger partial charge in [-0.3, -0.25) is 9.59 Å². The molecule has 0 aromatic heterocycles. The van der Waals surface area contributed by atoms with Crippen molar-refractivity contribution in [3.63, 3.8) is 0 Å². The van der Waals surface area contributed by atoms with Crippen molar-refractivity contribution < 1.29 is 18.7 Å². The van der Waals surface area contributed by atoms with Crippen LogP contribution in [0.1, 0.15) is 70.2 Å². The van der Waals surface area contributed by atoms with Gasteiger partial charge in [-0.2, -0.15) is 4.39 Å². The first-order valence-electron chi connectivity index (χ1n) is 4.98. The van der Waals surface area contributed by atoms with Crippen molar-refractivity contribution >= 4 is 12.0 Å². The summed E-state index contributed by atoms with van der Waals surface area (Å²) in [6, 6.07) is -1.37. The lowest BCUT2D eigenvalue weighted by Crippen LogP contribution is -2.36. The largest absolute Gasteiger partial charge is 0.469 e. The smallest absolute Gasteiger partial charge is 0.311 e. The number of halogens is 1. The van der Waals surface area contributed by atoms with Crippen LogP contribution in [0, 0.1) is 10.8 Å². The molecule has 120 valence electrons. The van der Waals surface area contributed by atoms with Crippen molar-refractivity contribution in [1.82, 2.24) is 0 Å². The fourth-order valence-corrected chi connectivity index (χ4v) is 1.66. The van der Waals surface area contributed by atoms with Gasteiger partial charge < -0.3 is 4.74 Å². The average Bonchev–Trinajstić information content (AvgIpc) is 2.15. The molecule has 1 atom stereocenters. The maximum Gasteiger partial charge on any atom is 0.311 e. The number of rotatable bonds is 5. The van der Waals surface area contributed by atoms with Gasteiger partial charge in [0.1, 0.15) is 0 Å². The lowest BCUT2D eigenvalue weighted by molar-refractivity contribution is -0.155. The lowest BCUT2D eigenvalue weighted by atomic mass is 9.73. The number of ether oxygens (including phenoxy) is 1. The van der Waals surface area contributed by atoms with E-state index in [1.54, 1.807) is 20.8 Å². The van der Waals surface area contributed by atoms with Crippen LogP contribution in [-0.4, -0.2) is 19.1 Å². The maximum atomic E-state index is 12.9. The first-order chi connectivity index (χ1) is 6.69. The van der Waals surface area contributed by atoms with E-state index in [-0.39, 0.29) is 36.1 Å². The summed E-state index contributed by atoms with van der Waals surface area (Å²) in [6.45, 7) is 6.55. The van der Waals surface area contributed by atoms with Gasteiger partial charge in [0, 0.05) is 0 Å². The van der Waals surface area contributed by atoms with Crippen LogP contribution in [0.3, 0.4) is 0 Å². The molecule has 3 nitrogen and oxygen atoms in total. The van der Waals surface area contributed by atoms with Crippen LogP contribution in [0.5, 0.6) is 0 Å². The number of hydrogen-bond donors (Lipinski definition) is 0. The molecule has 0 rings (SSSR count). The molecule has 4 heteroatoms. The minimum absolute atomic E-state index is 0. The van der Waals surface area contributed by atoms with E-state index in [4.69, 9.17) is 0 Å². The Hall–Kier alpha value is -0.930. The molecule has 0 amide bonds. The molecule has 0 heterocycles. The fourth-order valence-electron chi connectivity index (χ4n) is 1.66. The predicted molar refractivity (Wildman–Crippen MR) is 81.9 cm³/mol. The van der Waals surface area contributed by atoms with E-state index in [1.165, 1.54) is 14.0 Å². The normalized spacial score (nSPS) is 12.3. The van der Waals surface area contributed by atoms with E-state index in [1.807, 2.05) is 0 Å². The number of methoxy groups -OCH3 is 1. The second-order valence-corrected chi connectivity index (χ2v) is 4.74. The summed E-state index contributed by atoms with van der Waals surface area (Å²) in [5.74, 6) is -0.427. The van der Waals surface area contributed by atoms with Crippen LogP contribution in [0.4, 0.5) is 4.39 Å². The number of carbonyl (C=O) groups is 2. The van der Waals surface area contributed by atoms with Gasteiger partial charge in [0.2, 0.25) is 0 Å². The minimum atomic E-state index is -1.37. The van der Waals surface area contributed by atoms with E-state index >= 15 is 0 Å². The summed E-state index contributed by atoms with van der Waals surface area (Å²) in [4.78, 5) is 22.3. The molecule has 0 saturated heterocycles. The minimum Gasteiger partial charge on any atom is -0.469 e. The highest BCUT2D eigenvalue weighted by Gasteiger charge is 2.41. The van der Waals surface area contributed by atoms with Crippen molar-refractivity contribution in [3.05, 3.63) is 0 Å². The molecule has 0 fully saturated rings. The Morgan fingerprint density at radius 1 is 1.05 bits per heavy atom. The summed E-state index contributed by atoms with van der Waals surface area (Å²) in [5, 5.41) is 0. The van der Waals surface area contributed by atoms with Crippen LogP contribution >= 0.6 is 0 Å². The molecule has 0 N–H and O–H groups in total. The third kappa shape index (κ3) is 7.96. The molecule has 1 unspecified atom stereocenters. The second-order valence-electron chi connectivity index (χ2n) is 4.74.